The van der Waals surface area contributed by atoms with Gasteiger partial charge in [0.1, 0.15) is 6.54 Å². The Morgan fingerprint density at radius 1 is 1.00 bits per heavy atom. The number of likely N-dealkylation sites (tertiary alicyclic amines) is 1. The summed E-state index contributed by atoms with van der Waals surface area (Å²) < 4.78 is 0. The summed E-state index contributed by atoms with van der Waals surface area (Å²) in [6.07, 6.45) is 3.95. The molecule has 0 atom stereocenters. The summed E-state index contributed by atoms with van der Waals surface area (Å²) >= 11 is 0. The van der Waals surface area contributed by atoms with Crippen LogP contribution in [0.15, 0.2) is 54.6 Å². The molecule has 4 heteroatoms. The Bertz CT molecular complexity index is 795. The predicted molar refractivity (Wildman–Crippen MR) is 113 cm³/mol. The maximum Gasteiger partial charge on any atom is 0.242 e. The minimum Gasteiger partial charge on any atom is -0.341 e. The first-order valence-corrected chi connectivity index (χ1v) is 10.3. The molecule has 148 valence electrons. The molecular weight excluding hydrogens is 348 g/mol. The third-order valence-corrected chi connectivity index (χ3v) is 5.67. The number of piperidine rings is 1. The van der Waals surface area contributed by atoms with Crippen molar-refractivity contribution in [1.29, 1.82) is 0 Å². The number of hydrogen-bond donors (Lipinski definition) is 0. The lowest BCUT2D eigenvalue weighted by Gasteiger charge is -2.34. The third-order valence-electron chi connectivity index (χ3n) is 5.67. The van der Waals surface area contributed by atoms with Crippen LogP contribution in [0.5, 0.6) is 0 Å². The second kappa shape index (κ2) is 9.54. The van der Waals surface area contributed by atoms with E-state index in [1.807, 2.05) is 35.2 Å². The van der Waals surface area contributed by atoms with E-state index in [4.69, 9.17) is 0 Å². The topological polar surface area (TPSA) is 40.6 Å². The van der Waals surface area contributed by atoms with Gasteiger partial charge in [-0.2, -0.15) is 0 Å². The fourth-order valence-corrected chi connectivity index (χ4v) is 4.01. The van der Waals surface area contributed by atoms with Crippen LogP contribution >= 0.6 is 0 Å². The summed E-state index contributed by atoms with van der Waals surface area (Å²) in [5.41, 5.74) is 3.31. The average molecular weight is 379 g/mol. The van der Waals surface area contributed by atoms with Crippen LogP contribution in [0.1, 0.15) is 37.8 Å². The molecule has 1 heterocycles. The first kappa shape index (κ1) is 20.1. The average Bonchev–Trinajstić information content (AvgIpc) is 2.73. The molecule has 0 saturated carbocycles. The van der Waals surface area contributed by atoms with Crippen molar-refractivity contribution in [3.63, 3.8) is 0 Å². The second-order valence-electron chi connectivity index (χ2n) is 7.60. The number of rotatable bonds is 6. The van der Waals surface area contributed by atoms with E-state index in [0.717, 1.165) is 50.0 Å². The molecular formula is C24H30N2O2. The zero-order valence-corrected chi connectivity index (χ0v) is 16.9. The Morgan fingerprint density at radius 3 is 2.29 bits per heavy atom. The Labute approximate surface area is 168 Å². The van der Waals surface area contributed by atoms with Gasteiger partial charge in [-0.15, -0.1) is 0 Å². The third kappa shape index (κ3) is 5.00. The standard InChI is InChI=1S/C24H30N2O2/c1-3-22-11-7-8-12-23(22)26(19(2)27)18-24(28)25-15-13-21(14-16-25)17-20-9-5-4-6-10-20/h4-12,21H,3,13-18H2,1-2H3. The van der Waals surface area contributed by atoms with Gasteiger partial charge < -0.3 is 9.80 Å². The lowest BCUT2D eigenvalue weighted by Crippen LogP contribution is -2.45. The van der Waals surface area contributed by atoms with Crippen molar-refractivity contribution in [3.05, 3.63) is 65.7 Å². The Morgan fingerprint density at radius 2 is 1.64 bits per heavy atom. The number of carbonyl (C=O) groups is 2. The van der Waals surface area contributed by atoms with Gasteiger partial charge in [0.05, 0.1) is 0 Å². The summed E-state index contributed by atoms with van der Waals surface area (Å²) in [6, 6.07) is 18.4. The van der Waals surface area contributed by atoms with Gasteiger partial charge >= 0.3 is 0 Å². The highest BCUT2D eigenvalue weighted by Gasteiger charge is 2.26. The Kier molecular flexibility index (Phi) is 6.85. The molecule has 0 spiro atoms. The molecule has 0 bridgehead atoms. The van der Waals surface area contributed by atoms with E-state index in [1.165, 1.54) is 12.5 Å². The first-order chi connectivity index (χ1) is 13.6. The fourth-order valence-electron chi connectivity index (χ4n) is 4.01. The smallest absolute Gasteiger partial charge is 0.242 e. The van der Waals surface area contributed by atoms with Gasteiger partial charge in [0.25, 0.3) is 0 Å². The molecule has 0 aromatic heterocycles. The summed E-state index contributed by atoms with van der Waals surface area (Å²) in [5.74, 6) is 0.573. The Hall–Kier alpha value is -2.62. The number of anilines is 1. The molecule has 2 amide bonds. The van der Waals surface area contributed by atoms with Gasteiger partial charge in [-0.25, -0.2) is 0 Å². The van der Waals surface area contributed by atoms with Gasteiger partial charge in [-0.3, -0.25) is 9.59 Å². The number of carbonyl (C=O) groups excluding carboxylic acids is 2. The van der Waals surface area contributed by atoms with Gasteiger partial charge in [-0.05, 0) is 48.8 Å². The van der Waals surface area contributed by atoms with E-state index in [0.29, 0.717) is 5.92 Å². The number of aryl methyl sites for hydroxylation is 1. The SMILES string of the molecule is CCc1ccccc1N(CC(=O)N1CCC(Cc2ccccc2)CC1)C(C)=O. The van der Waals surface area contributed by atoms with Crippen molar-refractivity contribution >= 4 is 17.5 Å². The molecule has 2 aromatic rings. The van der Waals surface area contributed by atoms with Crippen LogP contribution in [0.25, 0.3) is 0 Å². The molecule has 0 aliphatic carbocycles. The van der Waals surface area contributed by atoms with Gasteiger partial charge in [0.2, 0.25) is 11.8 Å². The molecule has 0 radical (unpaired) electrons. The van der Waals surface area contributed by atoms with Crippen molar-refractivity contribution in [2.75, 3.05) is 24.5 Å². The number of amides is 2. The molecule has 0 N–H and O–H groups in total. The summed E-state index contributed by atoms with van der Waals surface area (Å²) in [6.45, 7) is 5.27. The van der Waals surface area contributed by atoms with Crippen molar-refractivity contribution in [1.82, 2.24) is 4.90 Å². The van der Waals surface area contributed by atoms with Crippen LogP contribution in [0.3, 0.4) is 0 Å². The number of hydrogen-bond acceptors (Lipinski definition) is 2. The predicted octanol–water partition coefficient (Wildman–Crippen LogP) is 4.08. The molecule has 0 unspecified atom stereocenters. The normalized spacial score (nSPS) is 14.7. The minimum absolute atomic E-state index is 0.0410. The number of nitrogens with zero attached hydrogens (tertiary/aromatic N) is 2. The van der Waals surface area contributed by atoms with Crippen molar-refractivity contribution in [2.24, 2.45) is 5.92 Å². The minimum atomic E-state index is -0.0896. The molecule has 4 nitrogen and oxygen atoms in total. The van der Waals surface area contributed by atoms with Crippen LogP contribution in [0.2, 0.25) is 0 Å². The highest BCUT2D eigenvalue weighted by Crippen LogP contribution is 2.24. The summed E-state index contributed by atoms with van der Waals surface area (Å²) in [5, 5.41) is 0. The van der Waals surface area contributed by atoms with Crippen LogP contribution in [-0.2, 0) is 22.4 Å². The zero-order valence-electron chi connectivity index (χ0n) is 16.9. The van der Waals surface area contributed by atoms with Crippen LogP contribution < -0.4 is 4.90 Å². The fraction of sp³-hybridized carbons (Fsp3) is 0.417. The van der Waals surface area contributed by atoms with Crippen molar-refractivity contribution in [3.8, 4) is 0 Å². The lowest BCUT2D eigenvalue weighted by atomic mass is 9.90. The summed E-state index contributed by atoms with van der Waals surface area (Å²) in [4.78, 5) is 28.7. The lowest BCUT2D eigenvalue weighted by molar-refractivity contribution is -0.132. The van der Waals surface area contributed by atoms with Gasteiger partial charge in [-0.1, -0.05) is 55.5 Å². The first-order valence-electron chi connectivity index (χ1n) is 10.3. The van der Waals surface area contributed by atoms with Gasteiger partial charge in [0, 0.05) is 25.7 Å². The molecule has 28 heavy (non-hydrogen) atoms. The van der Waals surface area contributed by atoms with Crippen LogP contribution in [0.4, 0.5) is 5.69 Å². The maximum atomic E-state index is 12.9. The number of para-hydroxylation sites is 1. The highest BCUT2D eigenvalue weighted by atomic mass is 16.2. The van der Waals surface area contributed by atoms with E-state index in [2.05, 4.69) is 31.2 Å². The van der Waals surface area contributed by atoms with Crippen LogP contribution in [0, 0.1) is 5.92 Å². The second-order valence-corrected chi connectivity index (χ2v) is 7.60. The van der Waals surface area contributed by atoms with Crippen molar-refractivity contribution in [2.45, 2.75) is 39.5 Å². The summed E-state index contributed by atoms with van der Waals surface area (Å²) in [7, 11) is 0. The monoisotopic (exact) mass is 378 g/mol. The maximum absolute atomic E-state index is 12.9. The quantitative estimate of drug-likeness (QED) is 0.760. The van der Waals surface area contributed by atoms with E-state index < -0.39 is 0 Å². The number of benzene rings is 2. The molecule has 3 rings (SSSR count). The van der Waals surface area contributed by atoms with E-state index in [1.54, 1.807) is 4.90 Å². The largest absolute Gasteiger partial charge is 0.341 e. The van der Waals surface area contributed by atoms with Gasteiger partial charge in [0.15, 0.2) is 0 Å². The molecule has 2 aromatic carbocycles. The highest BCUT2D eigenvalue weighted by molar-refractivity contribution is 5.98. The van der Waals surface area contributed by atoms with E-state index >= 15 is 0 Å². The Balaban J connectivity index is 1.59. The van der Waals surface area contributed by atoms with E-state index in [9.17, 15) is 9.59 Å². The van der Waals surface area contributed by atoms with E-state index in [-0.39, 0.29) is 18.4 Å². The molecule has 1 aliphatic heterocycles. The zero-order chi connectivity index (χ0) is 19.9. The molecule has 1 fully saturated rings. The van der Waals surface area contributed by atoms with Crippen LogP contribution in [-0.4, -0.2) is 36.3 Å². The molecule has 1 saturated heterocycles. The molecule has 1 aliphatic rings. The van der Waals surface area contributed by atoms with Crippen molar-refractivity contribution < 1.29 is 9.59 Å².